The summed E-state index contributed by atoms with van der Waals surface area (Å²) in [7, 11) is 0. The number of hydrogen-bond donors (Lipinski definition) is 1. The molecule has 0 atom stereocenters. The highest BCUT2D eigenvalue weighted by atomic mass is 16.6. The summed E-state index contributed by atoms with van der Waals surface area (Å²) < 4.78 is 5.42. The molecule has 0 aromatic rings. The van der Waals surface area contributed by atoms with Gasteiger partial charge in [-0.15, -0.1) is 0 Å². The minimum Gasteiger partial charge on any atom is -0.444 e. The fourth-order valence-electron chi connectivity index (χ4n) is 2.53. The summed E-state index contributed by atoms with van der Waals surface area (Å²) in [5.41, 5.74) is -0.405. The van der Waals surface area contributed by atoms with Gasteiger partial charge in [0.25, 0.3) is 0 Å². The van der Waals surface area contributed by atoms with Crippen LogP contribution in [-0.2, 0) is 4.74 Å². The van der Waals surface area contributed by atoms with Crippen LogP contribution in [0.25, 0.3) is 0 Å². The van der Waals surface area contributed by atoms with Crippen LogP contribution in [0.3, 0.4) is 0 Å². The van der Waals surface area contributed by atoms with E-state index in [0.29, 0.717) is 0 Å². The molecule has 5 nitrogen and oxygen atoms in total. The van der Waals surface area contributed by atoms with Crippen LogP contribution in [0.2, 0.25) is 0 Å². The van der Waals surface area contributed by atoms with Gasteiger partial charge >= 0.3 is 6.09 Å². The summed E-state index contributed by atoms with van der Waals surface area (Å²) in [5, 5.41) is 3.50. The highest BCUT2D eigenvalue weighted by Gasteiger charge is 2.25. The summed E-state index contributed by atoms with van der Waals surface area (Å²) in [4.78, 5) is 16.2. The van der Waals surface area contributed by atoms with Crippen molar-refractivity contribution >= 4 is 6.09 Å². The molecule has 1 saturated heterocycles. The van der Waals surface area contributed by atoms with E-state index in [2.05, 4.69) is 17.1 Å². The SMILES string of the molecule is CCCCCNCCCN1CCN(C(=O)OC(C)(C)C)CC1. The molecule has 5 heteroatoms. The van der Waals surface area contributed by atoms with Crippen molar-refractivity contribution in [3.8, 4) is 0 Å². The molecule has 0 aromatic carbocycles. The van der Waals surface area contributed by atoms with Crippen molar-refractivity contribution in [2.45, 2.75) is 59.0 Å². The van der Waals surface area contributed by atoms with Gasteiger partial charge in [-0.3, -0.25) is 4.90 Å². The molecule has 1 aliphatic rings. The van der Waals surface area contributed by atoms with E-state index in [1.165, 1.54) is 25.7 Å². The van der Waals surface area contributed by atoms with Gasteiger partial charge in [0.05, 0.1) is 0 Å². The first-order valence-corrected chi connectivity index (χ1v) is 8.83. The summed E-state index contributed by atoms with van der Waals surface area (Å²) in [6.45, 7) is 14.8. The van der Waals surface area contributed by atoms with E-state index in [1.54, 1.807) is 0 Å². The van der Waals surface area contributed by atoms with Gasteiger partial charge < -0.3 is 15.0 Å². The van der Waals surface area contributed by atoms with Crippen LogP contribution >= 0.6 is 0 Å². The Balaban J connectivity index is 2.06. The van der Waals surface area contributed by atoms with Crippen LogP contribution in [0.4, 0.5) is 4.79 Å². The van der Waals surface area contributed by atoms with Crippen molar-refractivity contribution in [1.82, 2.24) is 15.1 Å². The van der Waals surface area contributed by atoms with E-state index >= 15 is 0 Å². The molecule has 130 valence electrons. The Morgan fingerprint density at radius 2 is 1.68 bits per heavy atom. The van der Waals surface area contributed by atoms with Crippen molar-refractivity contribution in [1.29, 1.82) is 0 Å². The Morgan fingerprint density at radius 1 is 1.05 bits per heavy atom. The standard InChI is InChI=1S/C17H35N3O2/c1-5-6-7-9-18-10-8-11-19-12-14-20(15-13-19)16(21)22-17(2,3)4/h18H,5-15H2,1-4H3. The van der Waals surface area contributed by atoms with Crippen molar-refractivity contribution in [2.75, 3.05) is 45.8 Å². The van der Waals surface area contributed by atoms with Crippen LogP contribution in [0.15, 0.2) is 0 Å². The van der Waals surface area contributed by atoms with Gasteiger partial charge in [-0.25, -0.2) is 4.79 Å². The third kappa shape index (κ3) is 8.59. The molecular formula is C17H35N3O2. The fraction of sp³-hybridized carbons (Fsp3) is 0.941. The molecule has 0 radical (unpaired) electrons. The molecule has 0 unspecified atom stereocenters. The molecule has 1 heterocycles. The predicted octanol–water partition coefficient (Wildman–Crippen LogP) is 2.71. The maximum absolute atomic E-state index is 12.0. The van der Waals surface area contributed by atoms with E-state index in [9.17, 15) is 4.79 Å². The first-order valence-electron chi connectivity index (χ1n) is 8.83. The monoisotopic (exact) mass is 313 g/mol. The minimum atomic E-state index is -0.405. The van der Waals surface area contributed by atoms with Gasteiger partial charge in [0.15, 0.2) is 0 Å². The quantitative estimate of drug-likeness (QED) is 0.700. The smallest absolute Gasteiger partial charge is 0.410 e. The Bertz CT molecular complexity index is 308. The molecule has 0 spiro atoms. The zero-order valence-corrected chi connectivity index (χ0v) is 15.0. The molecule has 0 saturated carbocycles. The number of piperazine rings is 1. The largest absolute Gasteiger partial charge is 0.444 e. The van der Waals surface area contributed by atoms with Gasteiger partial charge in [-0.1, -0.05) is 19.8 Å². The number of carbonyl (C=O) groups is 1. The second-order valence-corrected chi connectivity index (χ2v) is 7.12. The topological polar surface area (TPSA) is 44.8 Å². The van der Waals surface area contributed by atoms with E-state index in [1.807, 2.05) is 25.7 Å². The molecule has 1 aliphatic heterocycles. The van der Waals surface area contributed by atoms with Crippen molar-refractivity contribution in [3.63, 3.8) is 0 Å². The number of nitrogens with zero attached hydrogens (tertiary/aromatic N) is 2. The van der Waals surface area contributed by atoms with Gasteiger partial charge in [0, 0.05) is 26.2 Å². The van der Waals surface area contributed by atoms with Gasteiger partial charge in [-0.05, 0) is 53.2 Å². The second kappa shape index (κ2) is 10.1. The Kier molecular flexibility index (Phi) is 8.79. The highest BCUT2D eigenvalue weighted by molar-refractivity contribution is 5.68. The third-order valence-electron chi connectivity index (χ3n) is 3.81. The Labute approximate surface area is 136 Å². The zero-order chi connectivity index (χ0) is 16.4. The van der Waals surface area contributed by atoms with Crippen LogP contribution in [0.1, 0.15) is 53.4 Å². The average molecular weight is 313 g/mol. The molecule has 1 amide bonds. The van der Waals surface area contributed by atoms with Crippen LogP contribution in [0.5, 0.6) is 0 Å². The number of amides is 1. The van der Waals surface area contributed by atoms with E-state index in [-0.39, 0.29) is 6.09 Å². The number of carbonyl (C=O) groups excluding carboxylic acids is 1. The van der Waals surface area contributed by atoms with Crippen molar-refractivity contribution in [3.05, 3.63) is 0 Å². The van der Waals surface area contributed by atoms with Gasteiger partial charge in [0.1, 0.15) is 5.60 Å². The molecule has 1 N–H and O–H groups in total. The predicted molar refractivity (Wildman–Crippen MR) is 91.3 cm³/mol. The summed E-state index contributed by atoms with van der Waals surface area (Å²) in [5.74, 6) is 0. The normalized spacial score (nSPS) is 16.8. The summed E-state index contributed by atoms with van der Waals surface area (Å²) in [6, 6.07) is 0. The fourth-order valence-corrected chi connectivity index (χ4v) is 2.53. The van der Waals surface area contributed by atoms with Crippen molar-refractivity contribution < 1.29 is 9.53 Å². The first kappa shape index (κ1) is 19.2. The first-order chi connectivity index (χ1) is 10.4. The van der Waals surface area contributed by atoms with E-state index in [4.69, 9.17) is 4.74 Å². The third-order valence-corrected chi connectivity index (χ3v) is 3.81. The molecule has 0 aliphatic carbocycles. The van der Waals surface area contributed by atoms with Crippen LogP contribution in [0, 0.1) is 0 Å². The second-order valence-electron chi connectivity index (χ2n) is 7.12. The van der Waals surface area contributed by atoms with Crippen LogP contribution < -0.4 is 5.32 Å². The molecule has 1 fully saturated rings. The molecular weight excluding hydrogens is 278 g/mol. The van der Waals surface area contributed by atoms with Gasteiger partial charge in [-0.2, -0.15) is 0 Å². The number of rotatable bonds is 8. The number of ether oxygens (including phenoxy) is 1. The average Bonchev–Trinajstić information content (AvgIpc) is 2.45. The summed E-state index contributed by atoms with van der Waals surface area (Å²) in [6.07, 6.45) is 4.89. The molecule has 0 aromatic heterocycles. The highest BCUT2D eigenvalue weighted by Crippen LogP contribution is 2.11. The number of nitrogens with one attached hydrogen (secondary N) is 1. The summed E-state index contributed by atoms with van der Waals surface area (Å²) >= 11 is 0. The lowest BCUT2D eigenvalue weighted by atomic mass is 10.2. The lowest BCUT2D eigenvalue weighted by Crippen LogP contribution is -2.50. The lowest BCUT2D eigenvalue weighted by Gasteiger charge is -2.35. The van der Waals surface area contributed by atoms with Gasteiger partial charge in [0.2, 0.25) is 0 Å². The Hall–Kier alpha value is -0.810. The number of hydrogen-bond acceptors (Lipinski definition) is 4. The molecule has 0 bridgehead atoms. The zero-order valence-electron chi connectivity index (χ0n) is 15.0. The molecule has 1 rings (SSSR count). The van der Waals surface area contributed by atoms with Crippen LogP contribution in [-0.4, -0.2) is 67.3 Å². The van der Waals surface area contributed by atoms with E-state index < -0.39 is 5.60 Å². The maximum Gasteiger partial charge on any atom is 0.410 e. The lowest BCUT2D eigenvalue weighted by molar-refractivity contribution is 0.0144. The Morgan fingerprint density at radius 3 is 2.27 bits per heavy atom. The van der Waals surface area contributed by atoms with E-state index in [0.717, 1.165) is 45.8 Å². The minimum absolute atomic E-state index is 0.176. The maximum atomic E-state index is 12.0. The van der Waals surface area contributed by atoms with Crippen molar-refractivity contribution in [2.24, 2.45) is 0 Å². The molecule has 22 heavy (non-hydrogen) atoms. The number of unbranched alkanes of at least 4 members (excludes halogenated alkanes) is 2.